The molecule has 20 heavy (non-hydrogen) atoms. The Morgan fingerprint density at radius 1 is 1.45 bits per heavy atom. The Morgan fingerprint density at radius 2 is 2.15 bits per heavy atom. The Kier molecular flexibility index (Phi) is 5.31. The second kappa shape index (κ2) is 6.74. The minimum atomic E-state index is -0.519. The van der Waals surface area contributed by atoms with Crippen LogP contribution in [-0.4, -0.2) is 24.8 Å². The predicted octanol–water partition coefficient (Wildman–Crippen LogP) is 2.83. The number of hydrogen-bond acceptors (Lipinski definition) is 6. The van der Waals surface area contributed by atoms with Crippen molar-refractivity contribution < 1.29 is 14.3 Å². The first-order chi connectivity index (χ1) is 9.31. The van der Waals surface area contributed by atoms with Crippen molar-refractivity contribution in [3.05, 3.63) is 18.2 Å². The number of nitrogen functional groups attached to an aromatic ring is 1. The number of alkyl carbamates (subject to hydrolysis) is 1. The number of hydrogen-bond donors (Lipinski definition) is 3. The largest absolute Gasteiger partial charge is 0.492 e. The molecule has 0 aliphatic heterocycles. The number of ether oxygens (including phenoxy) is 2. The van der Waals surface area contributed by atoms with Crippen LogP contribution in [0.1, 0.15) is 20.8 Å². The van der Waals surface area contributed by atoms with E-state index in [0.29, 0.717) is 23.7 Å². The number of carbonyl (C=O) groups is 1. The highest BCUT2D eigenvalue weighted by molar-refractivity contribution is 5.67. The summed E-state index contributed by atoms with van der Waals surface area (Å²) >= 11 is 0. The average Bonchev–Trinajstić information content (AvgIpc) is 2.33. The van der Waals surface area contributed by atoms with Crippen LogP contribution in [0.15, 0.2) is 23.3 Å². The van der Waals surface area contributed by atoms with Crippen LogP contribution in [0.5, 0.6) is 5.75 Å². The van der Waals surface area contributed by atoms with E-state index < -0.39 is 11.7 Å². The van der Waals surface area contributed by atoms with Gasteiger partial charge in [0.05, 0.1) is 12.2 Å². The van der Waals surface area contributed by atoms with Crippen LogP contribution >= 0.6 is 0 Å². The zero-order valence-corrected chi connectivity index (χ0v) is 11.9. The molecule has 0 aliphatic carbocycles. The molecule has 1 aromatic carbocycles. The molecule has 7 heteroatoms. The third-order valence-electron chi connectivity index (χ3n) is 2.16. The number of nitrogens with zero attached hydrogens (tertiary/aromatic N) is 1. The fraction of sp³-hybridized carbons (Fsp3) is 0.462. The van der Waals surface area contributed by atoms with E-state index in [2.05, 4.69) is 10.4 Å². The number of amides is 1. The number of rotatable bonds is 5. The topological polar surface area (TPSA) is 110 Å². The molecule has 0 radical (unpaired) electrons. The molecular formula is C13H20N4O3. The van der Waals surface area contributed by atoms with Gasteiger partial charge in [0.15, 0.2) is 0 Å². The quantitative estimate of drug-likeness (QED) is 0.437. The van der Waals surface area contributed by atoms with Gasteiger partial charge in [0.25, 0.3) is 0 Å². The van der Waals surface area contributed by atoms with Crippen LogP contribution in [0.25, 0.3) is 0 Å². The lowest BCUT2D eigenvalue weighted by molar-refractivity contribution is 0.0520. The molecule has 0 bridgehead atoms. The van der Waals surface area contributed by atoms with Gasteiger partial charge in [0.2, 0.25) is 0 Å². The Bertz CT molecular complexity index is 483. The van der Waals surface area contributed by atoms with Crippen molar-refractivity contribution in [3.8, 4) is 5.75 Å². The maximum Gasteiger partial charge on any atom is 0.407 e. The van der Waals surface area contributed by atoms with E-state index in [1.54, 1.807) is 39.0 Å². The lowest BCUT2D eigenvalue weighted by Crippen LogP contribution is -2.34. The Labute approximate surface area is 118 Å². The summed E-state index contributed by atoms with van der Waals surface area (Å²) in [6.07, 6.45) is -0.482. The molecule has 1 aromatic rings. The van der Waals surface area contributed by atoms with Gasteiger partial charge in [-0.1, -0.05) is 0 Å². The van der Waals surface area contributed by atoms with Crippen molar-refractivity contribution >= 4 is 17.5 Å². The van der Waals surface area contributed by atoms with E-state index in [-0.39, 0.29) is 6.61 Å². The molecule has 110 valence electrons. The summed E-state index contributed by atoms with van der Waals surface area (Å²) in [5.74, 6) is 0.556. The molecular weight excluding hydrogens is 260 g/mol. The highest BCUT2D eigenvalue weighted by atomic mass is 16.6. The van der Waals surface area contributed by atoms with Crippen molar-refractivity contribution in [3.63, 3.8) is 0 Å². The molecule has 0 unspecified atom stereocenters. The molecule has 0 saturated heterocycles. The van der Waals surface area contributed by atoms with E-state index in [1.165, 1.54) is 0 Å². The molecule has 0 spiro atoms. The smallest absolute Gasteiger partial charge is 0.407 e. The van der Waals surface area contributed by atoms with Gasteiger partial charge in [-0.25, -0.2) is 10.3 Å². The van der Waals surface area contributed by atoms with Gasteiger partial charge in [-0.15, -0.1) is 0 Å². The van der Waals surface area contributed by atoms with Crippen LogP contribution < -0.4 is 15.8 Å². The number of carbonyl (C=O) groups excluding carboxylic acids is 1. The Balaban J connectivity index is 2.33. The van der Waals surface area contributed by atoms with Gasteiger partial charge in [-0.2, -0.15) is 5.11 Å². The maximum atomic E-state index is 11.4. The standard InChI is InChI=1S/C13H20N4O3/c1-13(2,3)20-12(18)16-6-7-19-9-4-5-11(17-15)10(14)8-9/h4-5,8,15H,6-7,14H2,1-3H3,(H,16,18). The van der Waals surface area contributed by atoms with E-state index >= 15 is 0 Å². The van der Waals surface area contributed by atoms with Crippen LogP contribution in [-0.2, 0) is 4.74 Å². The lowest BCUT2D eigenvalue weighted by Gasteiger charge is -2.19. The van der Waals surface area contributed by atoms with Crippen molar-refractivity contribution in [2.75, 3.05) is 18.9 Å². The summed E-state index contributed by atoms with van der Waals surface area (Å²) < 4.78 is 10.5. The van der Waals surface area contributed by atoms with E-state index in [9.17, 15) is 4.79 Å². The summed E-state index contributed by atoms with van der Waals surface area (Å²) in [4.78, 5) is 11.4. The van der Waals surface area contributed by atoms with Crippen molar-refractivity contribution in [2.45, 2.75) is 26.4 Å². The van der Waals surface area contributed by atoms with Gasteiger partial charge in [0, 0.05) is 6.07 Å². The summed E-state index contributed by atoms with van der Waals surface area (Å²) in [6, 6.07) is 4.84. The first-order valence-corrected chi connectivity index (χ1v) is 6.18. The fourth-order valence-corrected chi connectivity index (χ4v) is 1.36. The third-order valence-corrected chi connectivity index (χ3v) is 2.16. The highest BCUT2D eigenvalue weighted by Crippen LogP contribution is 2.26. The number of nitrogens with two attached hydrogens (primary N) is 1. The van der Waals surface area contributed by atoms with Gasteiger partial charge in [-0.3, -0.25) is 0 Å². The van der Waals surface area contributed by atoms with E-state index in [0.717, 1.165) is 0 Å². The monoisotopic (exact) mass is 280 g/mol. The van der Waals surface area contributed by atoms with Crippen molar-refractivity contribution in [1.29, 1.82) is 5.53 Å². The second-order valence-electron chi connectivity index (χ2n) is 5.11. The summed E-state index contributed by atoms with van der Waals surface area (Å²) in [5, 5.41) is 5.84. The second-order valence-corrected chi connectivity index (χ2v) is 5.11. The molecule has 0 saturated carbocycles. The third kappa shape index (κ3) is 5.55. The molecule has 0 fully saturated rings. The Hall–Kier alpha value is -2.31. The predicted molar refractivity (Wildman–Crippen MR) is 75.4 cm³/mol. The molecule has 0 heterocycles. The first kappa shape index (κ1) is 15.7. The normalized spacial score (nSPS) is 10.8. The van der Waals surface area contributed by atoms with E-state index in [4.69, 9.17) is 20.7 Å². The molecule has 0 aliphatic rings. The van der Waals surface area contributed by atoms with E-state index in [1.807, 2.05) is 0 Å². The van der Waals surface area contributed by atoms with Crippen LogP contribution in [0.4, 0.5) is 16.2 Å². The number of nitrogens with one attached hydrogen (secondary N) is 2. The maximum absolute atomic E-state index is 11.4. The lowest BCUT2D eigenvalue weighted by atomic mass is 10.2. The highest BCUT2D eigenvalue weighted by Gasteiger charge is 2.15. The molecule has 1 amide bonds. The number of benzene rings is 1. The zero-order chi connectivity index (χ0) is 15.2. The van der Waals surface area contributed by atoms with Gasteiger partial charge < -0.3 is 20.5 Å². The fourth-order valence-electron chi connectivity index (χ4n) is 1.36. The van der Waals surface area contributed by atoms with Crippen LogP contribution in [0, 0.1) is 5.53 Å². The van der Waals surface area contributed by atoms with Crippen LogP contribution in [0.3, 0.4) is 0 Å². The Morgan fingerprint density at radius 3 is 2.70 bits per heavy atom. The summed E-state index contributed by atoms with van der Waals surface area (Å²) in [7, 11) is 0. The van der Waals surface area contributed by atoms with Gasteiger partial charge >= 0.3 is 6.09 Å². The molecule has 0 atom stereocenters. The first-order valence-electron chi connectivity index (χ1n) is 6.18. The molecule has 7 nitrogen and oxygen atoms in total. The van der Waals surface area contributed by atoms with Crippen molar-refractivity contribution in [2.24, 2.45) is 5.11 Å². The SMILES string of the molecule is CC(C)(C)OC(=O)NCCOc1ccc(N=N)c(N)c1. The minimum absolute atomic E-state index is 0.288. The summed E-state index contributed by atoms with van der Waals surface area (Å²) in [6.45, 7) is 6.00. The molecule has 1 rings (SSSR count). The molecule has 0 aromatic heterocycles. The van der Waals surface area contributed by atoms with Gasteiger partial charge in [-0.05, 0) is 32.9 Å². The number of anilines is 1. The van der Waals surface area contributed by atoms with Crippen LogP contribution in [0.2, 0.25) is 0 Å². The van der Waals surface area contributed by atoms with Crippen molar-refractivity contribution in [1.82, 2.24) is 5.32 Å². The minimum Gasteiger partial charge on any atom is -0.492 e. The zero-order valence-electron chi connectivity index (χ0n) is 11.9. The molecule has 4 N–H and O–H groups in total. The average molecular weight is 280 g/mol. The van der Waals surface area contributed by atoms with Gasteiger partial charge in [0.1, 0.15) is 23.6 Å². The summed E-state index contributed by atoms with van der Waals surface area (Å²) in [5.41, 5.74) is 12.8.